The highest BCUT2D eigenvalue weighted by molar-refractivity contribution is 14.0. The molecule has 3 N–H and O–H groups in total. The quantitative estimate of drug-likeness (QED) is 0.303. The summed E-state index contributed by atoms with van der Waals surface area (Å²) in [6.07, 6.45) is 3.49. The lowest BCUT2D eigenvalue weighted by Crippen LogP contribution is -2.42. The first kappa shape index (κ1) is 22.2. The molecule has 1 aliphatic rings. The molecular weight excluding hydrogens is 451 g/mol. The Morgan fingerprint density at radius 1 is 1.28 bits per heavy atom. The van der Waals surface area contributed by atoms with Gasteiger partial charge in [-0.1, -0.05) is 36.8 Å². The number of rotatable bonds is 8. The zero-order chi connectivity index (χ0) is 17.4. The molecule has 0 heterocycles. The number of benzene rings is 1. The molecule has 1 saturated carbocycles. The lowest BCUT2D eigenvalue weighted by Gasteiger charge is -2.25. The highest BCUT2D eigenvalue weighted by atomic mass is 127. The zero-order valence-corrected chi connectivity index (χ0v) is 18.0. The van der Waals surface area contributed by atoms with Crippen LogP contribution in [0.15, 0.2) is 35.3 Å². The Labute approximate surface area is 168 Å². The minimum atomic E-state index is -3.23. The van der Waals surface area contributed by atoms with E-state index in [0.29, 0.717) is 25.0 Å². The van der Waals surface area contributed by atoms with Crippen LogP contribution in [0.4, 0.5) is 0 Å². The summed E-state index contributed by atoms with van der Waals surface area (Å²) in [7, 11) is -1.56. The number of aliphatic imine (C=N–C) groups is 1. The Morgan fingerprint density at radius 2 is 1.96 bits per heavy atom. The summed E-state index contributed by atoms with van der Waals surface area (Å²) >= 11 is 0. The molecule has 0 saturated heterocycles. The number of hydrogen-bond acceptors (Lipinski definition) is 3. The normalized spacial score (nSPS) is 16.5. The van der Waals surface area contributed by atoms with E-state index in [-0.39, 0.29) is 35.8 Å². The van der Waals surface area contributed by atoms with E-state index in [9.17, 15) is 8.42 Å². The molecule has 1 unspecified atom stereocenters. The fraction of sp³-hybridized carbons (Fsp3) is 0.588. The van der Waals surface area contributed by atoms with Crippen LogP contribution in [0.1, 0.15) is 37.8 Å². The third-order valence-electron chi connectivity index (χ3n) is 4.36. The summed E-state index contributed by atoms with van der Waals surface area (Å²) in [5, 5.41) is 6.32. The van der Waals surface area contributed by atoms with Gasteiger partial charge in [-0.2, -0.15) is 0 Å². The molecule has 142 valence electrons. The Morgan fingerprint density at radius 3 is 2.52 bits per heavy atom. The third-order valence-corrected chi connectivity index (χ3v) is 5.70. The molecular formula is C17H29IN4O2S. The van der Waals surface area contributed by atoms with Crippen molar-refractivity contribution < 1.29 is 8.42 Å². The molecule has 1 aromatic carbocycles. The molecule has 6 nitrogen and oxygen atoms in total. The SMILES string of the molecule is CN=C(NCCS(=O)(=O)NCC1CCC1)NC(C)c1ccccc1.I. The average molecular weight is 480 g/mol. The number of guanidine groups is 1. The van der Waals surface area contributed by atoms with Crippen LogP contribution < -0.4 is 15.4 Å². The van der Waals surface area contributed by atoms with Crippen molar-refractivity contribution in [1.82, 2.24) is 15.4 Å². The number of sulfonamides is 1. The van der Waals surface area contributed by atoms with Gasteiger partial charge in [0.05, 0.1) is 11.8 Å². The summed E-state index contributed by atoms with van der Waals surface area (Å²) in [6, 6.07) is 10.1. The van der Waals surface area contributed by atoms with Crippen molar-refractivity contribution >= 4 is 40.0 Å². The van der Waals surface area contributed by atoms with E-state index in [1.807, 2.05) is 37.3 Å². The van der Waals surface area contributed by atoms with Gasteiger partial charge in [0, 0.05) is 20.1 Å². The smallest absolute Gasteiger partial charge is 0.213 e. The lowest BCUT2D eigenvalue weighted by molar-refractivity contribution is 0.316. The molecule has 1 aromatic rings. The van der Waals surface area contributed by atoms with Gasteiger partial charge in [0.1, 0.15) is 0 Å². The standard InChI is InChI=1S/C17H28N4O2S.HI/c1-14(16-9-4-3-5-10-16)21-17(18-2)19-11-12-24(22,23)20-13-15-7-6-8-15;/h3-5,9-10,14-15,20H,6-8,11-13H2,1-2H3,(H2,18,19,21);1H. The van der Waals surface area contributed by atoms with E-state index in [2.05, 4.69) is 20.3 Å². The third kappa shape index (κ3) is 7.91. The van der Waals surface area contributed by atoms with Crippen molar-refractivity contribution in [3.8, 4) is 0 Å². The molecule has 2 rings (SSSR count). The van der Waals surface area contributed by atoms with Crippen molar-refractivity contribution in [2.24, 2.45) is 10.9 Å². The van der Waals surface area contributed by atoms with E-state index < -0.39 is 10.0 Å². The summed E-state index contributed by atoms with van der Waals surface area (Å²) in [5.41, 5.74) is 1.15. The topological polar surface area (TPSA) is 82.6 Å². The van der Waals surface area contributed by atoms with Gasteiger partial charge in [0.2, 0.25) is 10.0 Å². The first-order valence-corrected chi connectivity index (χ1v) is 10.1. The molecule has 8 heteroatoms. The Balaban J connectivity index is 0.00000312. The second-order valence-corrected chi connectivity index (χ2v) is 8.17. The van der Waals surface area contributed by atoms with Gasteiger partial charge in [0.25, 0.3) is 0 Å². The van der Waals surface area contributed by atoms with E-state index in [4.69, 9.17) is 0 Å². The van der Waals surface area contributed by atoms with Crippen molar-refractivity contribution in [2.75, 3.05) is 25.9 Å². The van der Waals surface area contributed by atoms with E-state index in [1.165, 1.54) is 6.42 Å². The van der Waals surface area contributed by atoms with Crippen molar-refractivity contribution in [3.05, 3.63) is 35.9 Å². The van der Waals surface area contributed by atoms with Crippen molar-refractivity contribution in [1.29, 1.82) is 0 Å². The van der Waals surface area contributed by atoms with Crippen LogP contribution in [0.2, 0.25) is 0 Å². The highest BCUT2D eigenvalue weighted by Crippen LogP contribution is 2.25. The molecule has 25 heavy (non-hydrogen) atoms. The maximum Gasteiger partial charge on any atom is 0.213 e. The predicted molar refractivity (Wildman–Crippen MR) is 114 cm³/mol. The minimum absolute atomic E-state index is 0. The zero-order valence-electron chi connectivity index (χ0n) is 14.9. The first-order chi connectivity index (χ1) is 11.5. The summed E-state index contributed by atoms with van der Waals surface area (Å²) < 4.78 is 26.6. The summed E-state index contributed by atoms with van der Waals surface area (Å²) in [5.74, 6) is 1.16. The molecule has 0 bridgehead atoms. The molecule has 1 fully saturated rings. The first-order valence-electron chi connectivity index (χ1n) is 8.49. The summed E-state index contributed by atoms with van der Waals surface area (Å²) in [6.45, 7) is 2.93. The molecule has 0 aromatic heterocycles. The van der Waals surface area contributed by atoms with Crippen LogP contribution in [-0.2, 0) is 10.0 Å². The van der Waals surface area contributed by atoms with Gasteiger partial charge in [-0.25, -0.2) is 13.1 Å². The fourth-order valence-electron chi connectivity index (χ4n) is 2.54. The Hall–Kier alpha value is -0.870. The second kappa shape index (κ2) is 11.0. The monoisotopic (exact) mass is 480 g/mol. The molecule has 0 radical (unpaired) electrons. The number of halogens is 1. The number of nitrogens with one attached hydrogen (secondary N) is 3. The van der Waals surface area contributed by atoms with Gasteiger partial charge in [-0.05, 0) is 31.2 Å². The van der Waals surface area contributed by atoms with Crippen LogP contribution in [-0.4, -0.2) is 40.3 Å². The molecule has 1 atom stereocenters. The van der Waals surface area contributed by atoms with Gasteiger partial charge < -0.3 is 10.6 Å². The van der Waals surface area contributed by atoms with Crippen LogP contribution in [0, 0.1) is 5.92 Å². The molecule has 0 amide bonds. The molecule has 0 aliphatic heterocycles. The fourth-order valence-corrected chi connectivity index (χ4v) is 3.55. The van der Waals surface area contributed by atoms with Crippen molar-refractivity contribution in [2.45, 2.75) is 32.2 Å². The molecule has 0 spiro atoms. The van der Waals surface area contributed by atoms with E-state index in [1.54, 1.807) is 7.05 Å². The maximum absolute atomic E-state index is 12.0. The van der Waals surface area contributed by atoms with Crippen molar-refractivity contribution in [3.63, 3.8) is 0 Å². The van der Waals surface area contributed by atoms with Crippen LogP contribution in [0.3, 0.4) is 0 Å². The van der Waals surface area contributed by atoms with E-state index >= 15 is 0 Å². The Bertz CT molecular complexity index is 633. The van der Waals surface area contributed by atoms with Gasteiger partial charge in [-0.15, -0.1) is 24.0 Å². The minimum Gasteiger partial charge on any atom is -0.355 e. The van der Waals surface area contributed by atoms with Gasteiger partial charge >= 0.3 is 0 Å². The number of hydrogen-bond donors (Lipinski definition) is 3. The highest BCUT2D eigenvalue weighted by Gasteiger charge is 2.20. The summed E-state index contributed by atoms with van der Waals surface area (Å²) in [4.78, 5) is 4.15. The molecule has 1 aliphatic carbocycles. The second-order valence-electron chi connectivity index (χ2n) is 6.24. The number of nitrogens with zero attached hydrogens (tertiary/aromatic N) is 1. The average Bonchev–Trinajstić information content (AvgIpc) is 2.52. The van der Waals surface area contributed by atoms with E-state index in [0.717, 1.165) is 18.4 Å². The Kier molecular flexibility index (Phi) is 9.73. The van der Waals surface area contributed by atoms with Crippen LogP contribution >= 0.6 is 24.0 Å². The van der Waals surface area contributed by atoms with Crippen LogP contribution in [0.25, 0.3) is 0 Å². The van der Waals surface area contributed by atoms with Gasteiger partial charge in [0.15, 0.2) is 5.96 Å². The lowest BCUT2D eigenvalue weighted by atomic mass is 9.86. The van der Waals surface area contributed by atoms with Crippen LogP contribution in [0.5, 0.6) is 0 Å². The van der Waals surface area contributed by atoms with Gasteiger partial charge in [-0.3, -0.25) is 4.99 Å². The predicted octanol–water partition coefficient (Wildman–Crippen LogP) is 2.25. The maximum atomic E-state index is 12.0. The largest absolute Gasteiger partial charge is 0.355 e.